The van der Waals surface area contributed by atoms with Crippen LogP contribution in [0, 0.1) is 0 Å². The SMILES string of the molecule is Cn1c(O)c(C=N[C@@H]2[C@@H](O)[C@H](O)[C@@H](CO)O[C@H]2O)c(=O)[nH]c1=O. The number of nitrogens with zero attached hydrogens (tertiary/aromatic N) is 2. The molecule has 1 saturated heterocycles. The van der Waals surface area contributed by atoms with E-state index < -0.39 is 54.4 Å². The largest absolute Gasteiger partial charge is 0.494 e. The number of H-pyrrole nitrogens is 1. The van der Waals surface area contributed by atoms with E-state index >= 15 is 0 Å². The van der Waals surface area contributed by atoms with E-state index in [4.69, 9.17) is 9.84 Å². The first-order chi connectivity index (χ1) is 10.8. The van der Waals surface area contributed by atoms with Crippen molar-refractivity contribution >= 4 is 6.21 Å². The molecule has 23 heavy (non-hydrogen) atoms. The molecule has 2 heterocycles. The van der Waals surface area contributed by atoms with Crippen LogP contribution < -0.4 is 11.2 Å². The van der Waals surface area contributed by atoms with Crippen LogP contribution in [0.4, 0.5) is 0 Å². The lowest BCUT2D eigenvalue weighted by atomic mass is 9.97. The Labute approximate surface area is 128 Å². The van der Waals surface area contributed by atoms with Gasteiger partial charge in [-0.25, -0.2) is 4.79 Å². The van der Waals surface area contributed by atoms with Crippen LogP contribution in [0.5, 0.6) is 5.88 Å². The Bertz CT molecular complexity index is 711. The molecular weight excluding hydrogens is 314 g/mol. The molecule has 0 radical (unpaired) electrons. The average molecular weight is 331 g/mol. The second-order valence-electron chi connectivity index (χ2n) is 5.05. The first-order valence-corrected chi connectivity index (χ1v) is 6.64. The molecule has 0 unspecified atom stereocenters. The average Bonchev–Trinajstić information content (AvgIpc) is 2.51. The summed E-state index contributed by atoms with van der Waals surface area (Å²) in [6.07, 6.45) is -5.05. The van der Waals surface area contributed by atoms with Crippen molar-refractivity contribution < 1.29 is 30.3 Å². The summed E-state index contributed by atoms with van der Waals surface area (Å²) >= 11 is 0. The van der Waals surface area contributed by atoms with Crippen molar-refractivity contribution in [2.75, 3.05) is 6.61 Å². The highest BCUT2D eigenvalue weighted by atomic mass is 16.6. The molecule has 1 aliphatic rings. The number of nitrogens with one attached hydrogen (secondary N) is 1. The standard InChI is InChI=1S/C12H17N3O8/c1-15-10(20)4(9(19)14-12(15)22)2-13-6-8(18)7(17)5(3-16)23-11(6)21/h2,5-8,11,16-18,20-21H,3H2,1H3,(H,14,19,22)/t5-,6-,7-,8-,11-/m1/s1. The Kier molecular flexibility index (Phi) is 4.97. The number of aromatic hydroxyl groups is 1. The van der Waals surface area contributed by atoms with Crippen LogP contribution in [0.1, 0.15) is 5.56 Å². The number of aromatic amines is 1. The third kappa shape index (κ3) is 3.18. The van der Waals surface area contributed by atoms with Gasteiger partial charge in [-0.3, -0.25) is 19.3 Å². The van der Waals surface area contributed by atoms with E-state index in [9.17, 15) is 30.0 Å². The molecule has 0 saturated carbocycles. The van der Waals surface area contributed by atoms with E-state index in [1.807, 2.05) is 4.98 Å². The fourth-order valence-electron chi connectivity index (χ4n) is 2.15. The summed E-state index contributed by atoms with van der Waals surface area (Å²) in [6.45, 7) is -0.618. The summed E-state index contributed by atoms with van der Waals surface area (Å²) < 4.78 is 5.67. The van der Waals surface area contributed by atoms with Crippen molar-refractivity contribution in [1.82, 2.24) is 9.55 Å². The predicted molar refractivity (Wildman–Crippen MR) is 75.3 cm³/mol. The van der Waals surface area contributed by atoms with Gasteiger partial charge in [0.15, 0.2) is 6.29 Å². The third-order valence-corrected chi connectivity index (χ3v) is 3.57. The van der Waals surface area contributed by atoms with E-state index in [0.29, 0.717) is 0 Å². The Morgan fingerprint density at radius 2 is 1.96 bits per heavy atom. The number of aliphatic hydroxyl groups is 4. The van der Waals surface area contributed by atoms with E-state index in [0.717, 1.165) is 10.8 Å². The molecule has 0 aliphatic carbocycles. The molecule has 11 nitrogen and oxygen atoms in total. The number of hydrogen-bond acceptors (Lipinski definition) is 9. The molecule has 1 fully saturated rings. The molecule has 1 aromatic heterocycles. The maximum atomic E-state index is 11.7. The minimum atomic E-state index is -1.64. The highest BCUT2D eigenvalue weighted by Gasteiger charge is 2.43. The summed E-state index contributed by atoms with van der Waals surface area (Å²) in [7, 11) is 1.22. The van der Waals surface area contributed by atoms with Gasteiger partial charge in [0.05, 0.1) is 6.61 Å². The van der Waals surface area contributed by atoms with Gasteiger partial charge in [0.25, 0.3) is 5.56 Å². The van der Waals surface area contributed by atoms with Crippen molar-refractivity contribution in [2.45, 2.75) is 30.6 Å². The summed E-state index contributed by atoms with van der Waals surface area (Å²) in [5, 5.41) is 48.1. The Hall–Kier alpha value is -2.05. The number of ether oxygens (including phenoxy) is 1. The third-order valence-electron chi connectivity index (χ3n) is 3.57. The number of rotatable bonds is 3. The zero-order chi connectivity index (χ0) is 17.3. The Morgan fingerprint density at radius 1 is 1.30 bits per heavy atom. The molecule has 5 atom stereocenters. The number of hydrogen-bond donors (Lipinski definition) is 6. The van der Waals surface area contributed by atoms with Crippen molar-refractivity contribution in [3.05, 3.63) is 26.4 Å². The monoisotopic (exact) mass is 331 g/mol. The van der Waals surface area contributed by atoms with Gasteiger partial charge in [-0.05, 0) is 0 Å². The smallest absolute Gasteiger partial charge is 0.330 e. The summed E-state index contributed by atoms with van der Waals surface area (Å²) in [6, 6.07) is -1.36. The molecule has 1 aromatic rings. The van der Waals surface area contributed by atoms with E-state index in [-0.39, 0.29) is 5.56 Å². The fraction of sp³-hybridized carbons (Fsp3) is 0.583. The molecule has 0 amide bonds. The predicted octanol–water partition coefficient (Wildman–Crippen LogP) is -4.00. The molecule has 2 rings (SSSR count). The zero-order valence-corrected chi connectivity index (χ0v) is 12.0. The van der Waals surface area contributed by atoms with E-state index in [1.54, 1.807) is 0 Å². The van der Waals surface area contributed by atoms with Crippen LogP contribution >= 0.6 is 0 Å². The van der Waals surface area contributed by atoms with Crippen LogP contribution in [0.2, 0.25) is 0 Å². The highest BCUT2D eigenvalue weighted by molar-refractivity contribution is 5.82. The number of aromatic nitrogens is 2. The van der Waals surface area contributed by atoms with Crippen LogP contribution in [0.25, 0.3) is 0 Å². The van der Waals surface area contributed by atoms with Crippen molar-refractivity contribution in [3.63, 3.8) is 0 Å². The lowest BCUT2D eigenvalue weighted by Crippen LogP contribution is -2.57. The van der Waals surface area contributed by atoms with Gasteiger partial charge in [-0.1, -0.05) is 0 Å². The first kappa shape index (κ1) is 17.3. The van der Waals surface area contributed by atoms with Gasteiger partial charge < -0.3 is 30.3 Å². The topological polar surface area (TPSA) is 178 Å². The maximum Gasteiger partial charge on any atom is 0.330 e. The zero-order valence-electron chi connectivity index (χ0n) is 12.0. The Balaban J connectivity index is 2.32. The second-order valence-corrected chi connectivity index (χ2v) is 5.05. The van der Waals surface area contributed by atoms with Gasteiger partial charge >= 0.3 is 5.69 Å². The molecule has 0 aromatic carbocycles. The minimum absolute atomic E-state index is 0.370. The van der Waals surface area contributed by atoms with Crippen LogP contribution in [0.3, 0.4) is 0 Å². The molecule has 0 bridgehead atoms. The van der Waals surface area contributed by atoms with Gasteiger partial charge in [0, 0.05) is 13.3 Å². The normalized spacial score (nSPS) is 31.6. The van der Waals surface area contributed by atoms with E-state index in [1.165, 1.54) is 7.05 Å². The van der Waals surface area contributed by atoms with Crippen molar-refractivity contribution in [2.24, 2.45) is 12.0 Å². The lowest BCUT2D eigenvalue weighted by Gasteiger charge is -2.38. The quantitative estimate of drug-likeness (QED) is 0.303. The van der Waals surface area contributed by atoms with Gasteiger partial charge in [-0.2, -0.15) is 0 Å². The fourth-order valence-corrected chi connectivity index (χ4v) is 2.15. The number of aliphatic imine (C=N–C) groups is 1. The summed E-state index contributed by atoms with van der Waals surface area (Å²) in [5.41, 5.74) is -2.11. The van der Waals surface area contributed by atoms with Crippen LogP contribution in [-0.4, -0.2) is 78.5 Å². The van der Waals surface area contributed by atoms with Crippen LogP contribution in [-0.2, 0) is 11.8 Å². The molecule has 6 N–H and O–H groups in total. The second kappa shape index (κ2) is 6.60. The van der Waals surface area contributed by atoms with Crippen molar-refractivity contribution in [3.8, 4) is 5.88 Å². The van der Waals surface area contributed by atoms with Crippen LogP contribution in [0.15, 0.2) is 14.6 Å². The minimum Gasteiger partial charge on any atom is -0.494 e. The first-order valence-electron chi connectivity index (χ1n) is 6.64. The summed E-state index contributed by atoms with van der Waals surface area (Å²) in [4.78, 5) is 28.6. The van der Waals surface area contributed by atoms with E-state index in [2.05, 4.69) is 4.99 Å². The molecule has 128 valence electrons. The molecule has 0 spiro atoms. The maximum absolute atomic E-state index is 11.7. The highest BCUT2D eigenvalue weighted by Crippen LogP contribution is 2.22. The Morgan fingerprint density at radius 3 is 2.57 bits per heavy atom. The lowest BCUT2D eigenvalue weighted by molar-refractivity contribution is -0.248. The molecule has 1 aliphatic heterocycles. The molecule has 11 heteroatoms. The summed E-state index contributed by atoms with van der Waals surface area (Å²) in [5.74, 6) is -0.656. The van der Waals surface area contributed by atoms with Gasteiger partial charge in [0.1, 0.15) is 29.9 Å². The van der Waals surface area contributed by atoms with Crippen molar-refractivity contribution in [1.29, 1.82) is 0 Å². The van der Waals surface area contributed by atoms with Gasteiger partial charge in [-0.15, -0.1) is 0 Å². The molecular formula is C12H17N3O8. The number of aliphatic hydroxyl groups excluding tert-OH is 4. The van der Waals surface area contributed by atoms with Gasteiger partial charge in [0.2, 0.25) is 5.88 Å².